The van der Waals surface area contributed by atoms with Crippen LogP contribution in [0.15, 0.2) is 11.4 Å². The average Bonchev–Trinajstić information content (AvgIpc) is 3.20. The van der Waals surface area contributed by atoms with E-state index < -0.39 is 0 Å². The van der Waals surface area contributed by atoms with Crippen molar-refractivity contribution in [1.82, 2.24) is 14.3 Å². The average molecular weight is 375 g/mol. The summed E-state index contributed by atoms with van der Waals surface area (Å²) in [6, 6.07) is 2.17. The van der Waals surface area contributed by atoms with Gasteiger partial charge < -0.3 is 9.80 Å². The van der Waals surface area contributed by atoms with Crippen LogP contribution in [0.25, 0.3) is 0 Å². The summed E-state index contributed by atoms with van der Waals surface area (Å²) in [4.78, 5) is 23.6. The molecule has 5 rings (SSSR count). The van der Waals surface area contributed by atoms with Gasteiger partial charge in [0.1, 0.15) is 5.82 Å². The molecule has 1 saturated heterocycles. The SMILES string of the molecule is O=C(C1CCCN(c2nc(C3CC3)ns2)C1)N1CCc2sccc2C1. The highest BCUT2D eigenvalue weighted by Crippen LogP contribution is 2.40. The molecule has 3 aliphatic rings. The second-order valence-corrected chi connectivity index (χ2v) is 9.10. The Hall–Kier alpha value is -1.47. The Bertz CT molecular complexity index is 782. The van der Waals surface area contributed by atoms with E-state index in [1.807, 2.05) is 11.3 Å². The van der Waals surface area contributed by atoms with Gasteiger partial charge in [0, 0.05) is 48.5 Å². The highest BCUT2D eigenvalue weighted by Gasteiger charge is 2.33. The van der Waals surface area contributed by atoms with Crippen LogP contribution in [-0.2, 0) is 17.8 Å². The molecule has 1 unspecified atom stereocenters. The Balaban J connectivity index is 1.26. The largest absolute Gasteiger partial charge is 0.346 e. The zero-order valence-electron chi connectivity index (χ0n) is 14.2. The first-order valence-electron chi connectivity index (χ1n) is 9.20. The van der Waals surface area contributed by atoms with Crippen molar-refractivity contribution in [3.63, 3.8) is 0 Å². The van der Waals surface area contributed by atoms with Crippen molar-refractivity contribution in [2.45, 2.75) is 44.6 Å². The second-order valence-electron chi connectivity index (χ2n) is 7.37. The lowest BCUT2D eigenvalue weighted by molar-refractivity contribution is -0.136. The predicted molar refractivity (Wildman–Crippen MR) is 100 cm³/mol. The number of fused-ring (bicyclic) bond motifs is 1. The molecular weight excluding hydrogens is 352 g/mol. The van der Waals surface area contributed by atoms with Gasteiger partial charge in [-0.05, 0) is 49.1 Å². The van der Waals surface area contributed by atoms with Gasteiger partial charge in [-0.3, -0.25) is 4.79 Å². The first-order valence-corrected chi connectivity index (χ1v) is 10.9. The van der Waals surface area contributed by atoms with E-state index in [2.05, 4.69) is 25.6 Å². The van der Waals surface area contributed by atoms with E-state index in [4.69, 9.17) is 4.98 Å². The van der Waals surface area contributed by atoms with E-state index in [0.717, 1.165) is 56.4 Å². The van der Waals surface area contributed by atoms with Gasteiger partial charge in [-0.25, -0.2) is 4.98 Å². The predicted octanol–water partition coefficient (Wildman–Crippen LogP) is 3.28. The van der Waals surface area contributed by atoms with Crippen molar-refractivity contribution in [3.8, 4) is 0 Å². The number of carbonyl (C=O) groups excluding carboxylic acids is 1. The normalized spacial score (nSPS) is 23.6. The molecule has 0 aromatic carbocycles. The molecule has 2 fully saturated rings. The van der Waals surface area contributed by atoms with Crippen LogP contribution in [0.2, 0.25) is 0 Å². The summed E-state index contributed by atoms with van der Waals surface area (Å²) in [5.74, 6) is 2.05. The molecule has 132 valence electrons. The third kappa shape index (κ3) is 3.08. The quantitative estimate of drug-likeness (QED) is 0.827. The van der Waals surface area contributed by atoms with Gasteiger partial charge in [-0.1, -0.05) is 0 Å². The highest BCUT2D eigenvalue weighted by atomic mass is 32.1. The molecule has 2 aromatic rings. The van der Waals surface area contributed by atoms with E-state index in [1.54, 1.807) is 0 Å². The van der Waals surface area contributed by atoms with E-state index in [1.165, 1.54) is 34.8 Å². The Kier molecular flexibility index (Phi) is 4.01. The first-order chi connectivity index (χ1) is 12.3. The fourth-order valence-electron chi connectivity index (χ4n) is 3.91. The lowest BCUT2D eigenvalue weighted by Gasteiger charge is -2.36. The van der Waals surface area contributed by atoms with E-state index in [0.29, 0.717) is 11.8 Å². The van der Waals surface area contributed by atoms with Crippen molar-refractivity contribution >= 4 is 33.9 Å². The van der Waals surface area contributed by atoms with Crippen LogP contribution in [-0.4, -0.2) is 39.8 Å². The minimum atomic E-state index is 0.0993. The van der Waals surface area contributed by atoms with Crippen LogP contribution in [0.3, 0.4) is 0 Å². The lowest BCUT2D eigenvalue weighted by atomic mass is 9.95. The van der Waals surface area contributed by atoms with Gasteiger partial charge in [0.15, 0.2) is 0 Å². The molecule has 2 aliphatic heterocycles. The third-order valence-corrected chi connectivity index (χ3v) is 7.35. The molecule has 0 N–H and O–H groups in total. The molecule has 1 aliphatic carbocycles. The number of nitrogens with zero attached hydrogens (tertiary/aromatic N) is 4. The minimum Gasteiger partial charge on any atom is -0.346 e. The molecule has 4 heterocycles. The second kappa shape index (κ2) is 6.36. The smallest absolute Gasteiger partial charge is 0.227 e. The number of hydrogen-bond donors (Lipinski definition) is 0. The van der Waals surface area contributed by atoms with Crippen LogP contribution in [0.5, 0.6) is 0 Å². The van der Waals surface area contributed by atoms with Gasteiger partial charge >= 0.3 is 0 Å². The molecule has 7 heteroatoms. The summed E-state index contributed by atoms with van der Waals surface area (Å²) in [6.07, 6.45) is 5.53. The van der Waals surface area contributed by atoms with Crippen molar-refractivity contribution < 1.29 is 4.79 Å². The lowest BCUT2D eigenvalue weighted by Crippen LogP contribution is -2.46. The fraction of sp³-hybridized carbons (Fsp3) is 0.611. The van der Waals surface area contributed by atoms with E-state index in [-0.39, 0.29) is 5.92 Å². The maximum absolute atomic E-state index is 13.1. The maximum Gasteiger partial charge on any atom is 0.227 e. The number of carbonyl (C=O) groups is 1. The number of hydrogen-bond acceptors (Lipinski definition) is 6. The summed E-state index contributed by atoms with van der Waals surface area (Å²) in [6.45, 7) is 3.45. The fourth-order valence-corrected chi connectivity index (χ4v) is 5.58. The Morgan fingerprint density at radius 3 is 3.04 bits per heavy atom. The molecule has 2 aromatic heterocycles. The monoisotopic (exact) mass is 374 g/mol. The minimum absolute atomic E-state index is 0.0993. The zero-order chi connectivity index (χ0) is 16.8. The first kappa shape index (κ1) is 15.8. The standard InChI is InChI=1S/C18H22N4OS2/c23-17(21-8-5-15-13(10-21)6-9-24-15)14-2-1-7-22(11-14)18-19-16(20-25-18)12-3-4-12/h6,9,12,14H,1-5,7-8,10-11H2. The molecular formula is C18H22N4OS2. The number of aromatic nitrogens is 2. The molecule has 1 amide bonds. The molecule has 0 radical (unpaired) electrons. The third-order valence-electron chi connectivity index (χ3n) is 5.53. The molecule has 1 saturated carbocycles. The molecule has 0 bridgehead atoms. The van der Waals surface area contributed by atoms with E-state index >= 15 is 0 Å². The van der Waals surface area contributed by atoms with Gasteiger partial charge in [-0.2, -0.15) is 4.37 Å². The van der Waals surface area contributed by atoms with Crippen molar-refractivity contribution in [1.29, 1.82) is 0 Å². The van der Waals surface area contributed by atoms with Crippen LogP contribution in [0, 0.1) is 5.92 Å². The van der Waals surface area contributed by atoms with Crippen LogP contribution >= 0.6 is 22.9 Å². The van der Waals surface area contributed by atoms with E-state index in [9.17, 15) is 4.79 Å². The summed E-state index contributed by atoms with van der Waals surface area (Å²) in [5, 5.41) is 3.16. The zero-order valence-corrected chi connectivity index (χ0v) is 15.8. The Morgan fingerprint density at radius 1 is 1.24 bits per heavy atom. The highest BCUT2D eigenvalue weighted by molar-refractivity contribution is 7.10. The van der Waals surface area contributed by atoms with Crippen LogP contribution in [0.4, 0.5) is 5.13 Å². The number of piperidine rings is 1. The van der Waals surface area contributed by atoms with Crippen LogP contribution < -0.4 is 4.90 Å². The van der Waals surface area contributed by atoms with Crippen molar-refractivity contribution in [2.75, 3.05) is 24.5 Å². The van der Waals surface area contributed by atoms with Crippen molar-refractivity contribution in [2.24, 2.45) is 5.92 Å². The van der Waals surface area contributed by atoms with Gasteiger partial charge in [0.05, 0.1) is 5.92 Å². The molecule has 5 nitrogen and oxygen atoms in total. The molecule has 1 atom stereocenters. The molecule has 0 spiro atoms. The Labute approximate surface area is 155 Å². The topological polar surface area (TPSA) is 49.3 Å². The maximum atomic E-state index is 13.1. The van der Waals surface area contributed by atoms with Gasteiger partial charge in [0.25, 0.3) is 0 Å². The van der Waals surface area contributed by atoms with Gasteiger partial charge in [0.2, 0.25) is 11.0 Å². The Morgan fingerprint density at radius 2 is 2.16 bits per heavy atom. The number of amides is 1. The number of anilines is 1. The van der Waals surface area contributed by atoms with Crippen LogP contribution in [0.1, 0.15) is 47.9 Å². The summed E-state index contributed by atoms with van der Waals surface area (Å²) in [7, 11) is 0. The summed E-state index contributed by atoms with van der Waals surface area (Å²) in [5.41, 5.74) is 1.34. The number of rotatable bonds is 3. The molecule has 25 heavy (non-hydrogen) atoms. The number of thiophene rings is 1. The summed E-state index contributed by atoms with van der Waals surface area (Å²) >= 11 is 3.33. The van der Waals surface area contributed by atoms with Crippen molar-refractivity contribution in [3.05, 3.63) is 27.7 Å². The van der Waals surface area contributed by atoms with Gasteiger partial charge in [-0.15, -0.1) is 11.3 Å². The summed E-state index contributed by atoms with van der Waals surface area (Å²) < 4.78 is 4.53.